The average molecular weight is 288 g/mol. The summed E-state index contributed by atoms with van der Waals surface area (Å²) in [5.74, 6) is 0. The van der Waals surface area contributed by atoms with Gasteiger partial charge in [-0.25, -0.2) is 4.98 Å². The second kappa shape index (κ2) is 7.75. The number of hydrogen-bond donors (Lipinski definition) is 0. The summed E-state index contributed by atoms with van der Waals surface area (Å²) >= 11 is 1.63. The van der Waals surface area contributed by atoms with Gasteiger partial charge in [0.15, 0.2) is 0 Å². The molecule has 0 atom stereocenters. The second-order valence-electron chi connectivity index (χ2n) is 4.17. The number of methoxy groups -OCH3 is 1. The Labute approximate surface area is 122 Å². The molecule has 0 saturated heterocycles. The van der Waals surface area contributed by atoms with E-state index in [2.05, 4.69) is 11.1 Å². The van der Waals surface area contributed by atoms with Crippen molar-refractivity contribution < 1.29 is 9.47 Å². The van der Waals surface area contributed by atoms with E-state index >= 15 is 0 Å². The van der Waals surface area contributed by atoms with E-state index < -0.39 is 0 Å². The monoisotopic (exact) mass is 288 g/mol. The highest BCUT2D eigenvalue weighted by Gasteiger charge is 2.04. The lowest BCUT2D eigenvalue weighted by atomic mass is 10.1. The summed E-state index contributed by atoms with van der Waals surface area (Å²) in [6.07, 6.45) is 0.810. The predicted octanol–water partition coefficient (Wildman–Crippen LogP) is 2.89. The average Bonchev–Trinajstić information content (AvgIpc) is 2.96. The SMILES string of the molecule is COCCOCCc1nc(-c2ccc(C#N)cc2)cs1. The zero-order valence-electron chi connectivity index (χ0n) is 11.3. The van der Waals surface area contributed by atoms with Crippen LogP contribution in [0.25, 0.3) is 11.3 Å². The molecule has 104 valence electrons. The van der Waals surface area contributed by atoms with Crippen molar-refractivity contribution in [3.05, 3.63) is 40.2 Å². The maximum absolute atomic E-state index is 8.78. The Morgan fingerprint density at radius 3 is 2.70 bits per heavy atom. The van der Waals surface area contributed by atoms with Crippen molar-refractivity contribution in [3.63, 3.8) is 0 Å². The van der Waals surface area contributed by atoms with Crippen LogP contribution in [0.3, 0.4) is 0 Å². The van der Waals surface area contributed by atoms with Crippen molar-refractivity contribution >= 4 is 11.3 Å². The molecule has 0 N–H and O–H groups in total. The molecular formula is C15H16N2O2S. The third-order valence-corrected chi connectivity index (χ3v) is 3.66. The topological polar surface area (TPSA) is 55.1 Å². The molecule has 0 aliphatic heterocycles. The zero-order chi connectivity index (χ0) is 14.2. The fourth-order valence-corrected chi connectivity index (χ4v) is 2.47. The fourth-order valence-electron chi connectivity index (χ4n) is 1.68. The zero-order valence-corrected chi connectivity index (χ0v) is 12.2. The van der Waals surface area contributed by atoms with Crippen LogP contribution in [0.2, 0.25) is 0 Å². The number of thiazole rings is 1. The largest absolute Gasteiger partial charge is 0.382 e. The van der Waals surface area contributed by atoms with E-state index in [-0.39, 0.29) is 0 Å². The van der Waals surface area contributed by atoms with Crippen LogP contribution in [0.15, 0.2) is 29.6 Å². The quantitative estimate of drug-likeness (QED) is 0.735. The lowest BCUT2D eigenvalue weighted by molar-refractivity contribution is 0.0722. The van der Waals surface area contributed by atoms with E-state index in [1.54, 1.807) is 18.4 Å². The first kappa shape index (κ1) is 14.7. The Hall–Kier alpha value is -1.74. The van der Waals surface area contributed by atoms with Crippen molar-refractivity contribution in [3.8, 4) is 17.3 Å². The van der Waals surface area contributed by atoms with Gasteiger partial charge in [-0.15, -0.1) is 11.3 Å². The molecule has 0 amide bonds. The summed E-state index contributed by atoms with van der Waals surface area (Å²) < 4.78 is 10.3. The Morgan fingerprint density at radius 2 is 2.00 bits per heavy atom. The van der Waals surface area contributed by atoms with E-state index in [0.29, 0.717) is 25.4 Å². The molecule has 0 aliphatic carbocycles. The molecule has 0 saturated carbocycles. The number of aromatic nitrogens is 1. The first-order chi connectivity index (χ1) is 9.83. The number of nitrogens with zero attached hydrogens (tertiary/aromatic N) is 2. The fraction of sp³-hybridized carbons (Fsp3) is 0.333. The Bertz CT molecular complexity index is 572. The Morgan fingerprint density at radius 1 is 1.20 bits per heavy atom. The smallest absolute Gasteiger partial charge is 0.0991 e. The predicted molar refractivity (Wildman–Crippen MR) is 78.7 cm³/mol. The van der Waals surface area contributed by atoms with E-state index in [0.717, 1.165) is 22.7 Å². The summed E-state index contributed by atoms with van der Waals surface area (Å²) in [7, 11) is 1.66. The number of hydrogen-bond acceptors (Lipinski definition) is 5. The van der Waals surface area contributed by atoms with Crippen molar-refractivity contribution in [2.24, 2.45) is 0 Å². The highest BCUT2D eigenvalue weighted by atomic mass is 32.1. The summed E-state index contributed by atoms with van der Waals surface area (Å²) in [6.45, 7) is 1.89. The normalized spacial score (nSPS) is 10.4. The molecule has 2 aromatic rings. The van der Waals surface area contributed by atoms with Crippen LogP contribution >= 0.6 is 11.3 Å². The lowest BCUT2D eigenvalue weighted by Crippen LogP contribution is -2.04. The summed E-state index contributed by atoms with van der Waals surface area (Å²) in [4.78, 5) is 4.58. The molecule has 0 unspecified atom stereocenters. The standard InChI is InChI=1S/C15H16N2O2S/c1-18-8-9-19-7-6-15-17-14(11-20-15)13-4-2-12(10-16)3-5-13/h2-5,11H,6-9H2,1H3. The molecule has 1 heterocycles. The van der Waals surface area contributed by atoms with Crippen LogP contribution in [0.4, 0.5) is 0 Å². The van der Waals surface area contributed by atoms with Gasteiger partial charge in [0.25, 0.3) is 0 Å². The minimum absolute atomic E-state index is 0.615. The van der Waals surface area contributed by atoms with Gasteiger partial charge in [0.2, 0.25) is 0 Å². The van der Waals surface area contributed by atoms with E-state index in [9.17, 15) is 0 Å². The number of benzene rings is 1. The van der Waals surface area contributed by atoms with Gasteiger partial charge in [-0.1, -0.05) is 12.1 Å². The summed E-state index contributed by atoms with van der Waals surface area (Å²) in [5.41, 5.74) is 2.65. The summed E-state index contributed by atoms with van der Waals surface area (Å²) in [5, 5.41) is 11.9. The number of nitriles is 1. The molecule has 1 aromatic heterocycles. The van der Waals surface area contributed by atoms with Crippen molar-refractivity contribution in [1.29, 1.82) is 5.26 Å². The third kappa shape index (κ3) is 4.14. The molecule has 20 heavy (non-hydrogen) atoms. The van der Waals surface area contributed by atoms with Crippen LogP contribution < -0.4 is 0 Å². The maximum atomic E-state index is 8.78. The molecule has 1 aromatic carbocycles. The van der Waals surface area contributed by atoms with Crippen molar-refractivity contribution in [1.82, 2.24) is 4.98 Å². The van der Waals surface area contributed by atoms with Gasteiger partial charge < -0.3 is 9.47 Å². The Kier molecular flexibility index (Phi) is 5.69. The number of ether oxygens (including phenoxy) is 2. The van der Waals surface area contributed by atoms with E-state index in [1.165, 1.54) is 0 Å². The molecule has 5 heteroatoms. The van der Waals surface area contributed by atoms with Gasteiger partial charge in [-0.3, -0.25) is 0 Å². The van der Waals surface area contributed by atoms with Gasteiger partial charge >= 0.3 is 0 Å². The van der Waals surface area contributed by atoms with Crippen molar-refractivity contribution in [2.75, 3.05) is 26.9 Å². The molecule has 4 nitrogen and oxygen atoms in total. The molecule has 0 aliphatic rings. The molecule has 0 spiro atoms. The van der Waals surface area contributed by atoms with Crippen molar-refractivity contribution in [2.45, 2.75) is 6.42 Å². The minimum atomic E-state index is 0.615. The lowest BCUT2D eigenvalue weighted by Gasteiger charge is -2.01. The van der Waals surface area contributed by atoms with Gasteiger partial charge in [0.1, 0.15) is 0 Å². The second-order valence-corrected chi connectivity index (χ2v) is 5.11. The van der Waals surface area contributed by atoms with Crippen LogP contribution in [0.5, 0.6) is 0 Å². The van der Waals surface area contributed by atoms with Crippen LogP contribution in [0.1, 0.15) is 10.6 Å². The van der Waals surface area contributed by atoms with Gasteiger partial charge in [-0.2, -0.15) is 5.26 Å². The molecule has 0 bridgehead atoms. The van der Waals surface area contributed by atoms with Gasteiger partial charge in [-0.05, 0) is 12.1 Å². The minimum Gasteiger partial charge on any atom is -0.382 e. The van der Waals surface area contributed by atoms with Crippen LogP contribution in [0, 0.1) is 11.3 Å². The van der Waals surface area contributed by atoms with Crippen LogP contribution in [-0.4, -0.2) is 31.9 Å². The van der Waals surface area contributed by atoms with E-state index in [1.807, 2.05) is 29.6 Å². The molecule has 0 radical (unpaired) electrons. The Balaban J connectivity index is 1.89. The highest BCUT2D eigenvalue weighted by molar-refractivity contribution is 7.09. The molecule has 2 rings (SSSR count). The van der Waals surface area contributed by atoms with Gasteiger partial charge in [0, 0.05) is 24.5 Å². The molecule has 0 fully saturated rings. The summed E-state index contributed by atoms with van der Waals surface area (Å²) in [6, 6.07) is 9.57. The van der Waals surface area contributed by atoms with Crippen LogP contribution in [-0.2, 0) is 15.9 Å². The highest BCUT2D eigenvalue weighted by Crippen LogP contribution is 2.22. The number of rotatable bonds is 7. The van der Waals surface area contributed by atoms with Gasteiger partial charge in [0.05, 0.1) is 42.2 Å². The first-order valence-electron chi connectivity index (χ1n) is 6.35. The third-order valence-electron chi connectivity index (χ3n) is 2.75. The molecular weight excluding hydrogens is 272 g/mol. The van der Waals surface area contributed by atoms with E-state index in [4.69, 9.17) is 14.7 Å². The maximum Gasteiger partial charge on any atom is 0.0991 e. The first-order valence-corrected chi connectivity index (χ1v) is 7.23.